The number of rotatable bonds is 4. The number of halogens is 1. The molecule has 1 fully saturated rings. The summed E-state index contributed by atoms with van der Waals surface area (Å²) < 4.78 is 8.36. The average molecular weight is 395 g/mol. The molecule has 4 heterocycles. The summed E-state index contributed by atoms with van der Waals surface area (Å²) in [7, 11) is 1.90. The molecule has 1 N–H and O–H groups in total. The molecule has 1 amide bonds. The van der Waals surface area contributed by atoms with E-state index < -0.39 is 0 Å². The lowest BCUT2D eigenvalue weighted by atomic mass is 10.00. The maximum absolute atomic E-state index is 12.7. The molecule has 0 unspecified atom stereocenters. The molecule has 0 saturated carbocycles. The summed E-state index contributed by atoms with van der Waals surface area (Å²) in [5, 5.41) is 5.41. The first kappa shape index (κ1) is 16.7. The third-order valence-electron chi connectivity index (χ3n) is 4.10. The van der Waals surface area contributed by atoms with Gasteiger partial charge < -0.3 is 14.6 Å². The van der Waals surface area contributed by atoms with Crippen molar-refractivity contribution in [1.82, 2.24) is 14.5 Å². The van der Waals surface area contributed by atoms with Crippen LogP contribution in [0.3, 0.4) is 0 Å². The molecule has 1 aliphatic heterocycles. The first-order valence-corrected chi connectivity index (χ1v) is 9.80. The second-order valence-electron chi connectivity index (χ2n) is 5.71. The van der Waals surface area contributed by atoms with E-state index in [1.807, 2.05) is 35.3 Å². The van der Waals surface area contributed by atoms with Gasteiger partial charge in [-0.25, -0.2) is 9.97 Å². The van der Waals surface area contributed by atoms with Crippen molar-refractivity contribution in [3.05, 3.63) is 40.1 Å². The minimum atomic E-state index is -0.324. The summed E-state index contributed by atoms with van der Waals surface area (Å²) in [5.41, 5.74) is 0.820. The van der Waals surface area contributed by atoms with E-state index in [2.05, 4.69) is 15.3 Å². The van der Waals surface area contributed by atoms with Crippen LogP contribution in [0.25, 0.3) is 10.6 Å². The normalized spacial score (nSPS) is 20.1. The molecule has 6 nitrogen and oxygen atoms in total. The molecule has 9 heteroatoms. The summed E-state index contributed by atoms with van der Waals surface area (Å²) in [4.78, 5) is 22.5. The number of hydrogen-bond acceptors (Lipinski definition) is 6. The molecular formula is C16H15ClN4O2S2. The summed E-state index contributed by atoms with van der Waals surface area (Å²) in [5.74, 6) is 0.408. The average Bonchev–Trinajstić information content (AvgIpc) is 3.33. The zero-order valence-corrected chi connectivity index (χ0v) is 15.7. The van der Waals surface area contributed by atoms with Gasteiger partial charge in [-0.1, -0.05) is 11.6 Å². The van der Waals surface area contributed by atoms with Gasteiger partial charge in [0.2, 0.25) is 5.91 Å². The number of nitrogens with zero attached hydrogens (tertiary/aromatic N) is 3. The molecule has 130 valence electrons. The van der Waals surface area contributed by atoms with Crippen LogP contribution in [0.1, 0.15) is 18.3 Å². The number of carbonyl (C=O) groups excluding carboxylic acids is 1. The number of aryl methyl sites for hydroxylation is 1. The first-order valence-electron chi connectivity index (χ1n) is 7.73. The number of ether oxygens (including phenoxy) is 1. The first-order chi connectivity index (χ1) is 12.1. The number of nitrogens with one attached hydrogen (secondary N) is 1. The monoisotopic (exact) mass is 394 g/mol. The third kappa shape index (κ3) is 3.35. The third-order valence-corrected chi connectivity index (χ3v) is 6.11. The largest absolute Gasteiger partial charge is 0.369 e. The second kappa shape index (κ2) is 6.87. The van der Waals surface area contributed by atoms with Crippen molar-refractivity contribution in [2.75, 3.05) is 11.9 Å². The Kier molecular flexibility index (Phi) is 4.60. The van der Waals surface area contributed by atoms with E-state index in [9.17, 15) is 4.79 Å². The summed E-state index contributed by atoms with van der Waals surface area (Å²) in [6.07, 6.45) is 3.91. The van der Waals surface area contributed by atoms with Crippen LogP contribution in [0.4, 0.5) is 5.13 Å². The van der Waals surface area contributed by atoms with Crippen molar-refractivity contribution in [1.29, 1.82) is 0 Å². The maximum atomic E-state index is 12.7. The van der Waals surface area contributed by atoms with E-state index >= 15 is 0 Å². The number of thiazole rings is 1. The highest BCUT2D eigenvalue weighted by Gasteiger charge is 2.37. The zero-order valence-electron chi connectivity index (χ0n) is 13.3. The highest BCUT2D eigenvalue weighted by atomic mass is 35.5. The van der Waals surface area contributed by atoms with E-state index in [-0.39, 0.29) is 17.9 Å². The van der Waals surface area contributed by atoms with E-state index in [1.165, 1.54) is 22.7 Å². The molecule has 0 spiro atoms. The molecule has 3 aromatic heterocycles. The van der Waals surface area contributed by atoms with Gasteiger partial charge >= 0.3 is 0 Å². The van der Waals surface area contributed by atoms with Gasteiger partial charge in [-0.05, 0) is 18.6 Å². The van der Waals surface area contributed by atoms with Crippen molar-refractivity contribution in [3.63, 3.8) is 0 Å². The Labute approximate surface area is 157 Å². The molecule has 3 aromatic rings. The molecule has 4 rings (SSSR count). The van der Waals surface area contributed by atoms with Crippen molar-refractivity contribution < 1.29 is 9.53 Å². The Bertz CT molecular complexity index is 903. The fraction of sp³-hybridized carbons (Fsp3) is 0.312. The highest BCUT2D eigenvalue weighted by molar-refractivity contribution is 7.20. The molecule has 2 atom stereocenters. The number of anilines is 1. The molecule has 0 aliphatic carbocycles. The lowest BCUT2D eigenvalue weighted by molar-refractivity contribution is -0.121. The van der Waals surface area contributed by atoms with Gasteiger partial charge in [-0.15, -0.1) is 22.7 Å². The molecule has 0 bridgehead atoms. The molecule has 0 aromatic carbocycles. The zero-order chi connectivity index (χ0) is 17.4. The van der Waals surface area contributed by atoms with Gasteiger partial charge in [0, 0.05) is 31.4 Å². The minimum Gasteiger partial charge on any atom is -0.369 e. The number of hydrogen-bond donors (Lipinski definition) is 1. The lowest BCUT2D eigenvalue weighted by Gasteiger charge is -2.17. The fourth-order valence-electron chi connectivity index (χ4n) is 2.86. The predicted molar refractivity (Wildman–Crippen MR) is 99.1 cm³/mol. The van der Waals surface area contributed by atoms with Gasteiger partial charge in [-0.2, -0.15) is 0 Å². The number of carbonyl (C=O) groups is 1. The van der Waals surface area contributed by atoms with E-state index in [1.54, 1.807) is 6.20 Å². The smallest absolute Gasteiger partial charge is 0.232 e. The summed E-state index contributed by atoms with van der Waals surface area (Å²) in [6.45, 7) is 0.548. The number of thiophene rings is 1. The SMILES string of the molecule is Cn1ccnc1[C@@H]1OCC[C@H]1C(=O)Nc1nc(-c2ccc(Cl)s2)cs1. The van der Waals surface area contributed by atoms with Crippen molar-refractivity contribution in [2.24, 2.45) is 13.0 Å². The van der Waals surface area contributed by atoms with Gasteiger partial charge in [0.25, 0.3) is 0 Å². The standard InChI is InChI=1S/C16H15ClN4O2S2/c1-21-6-5-18-14(21)13-9(4-7-23-13)15(22)20-16-19-10(8-24-16)11-2-3-12(17)25-11/h2-3,5-6,8-9,13H,4,7H2,1H3,(H,19,20,22)/t9-,13-/m1/s1. The van der Waals surface area contributed by atoms with Gasteiger partial charge in [0.1, 0.15) is 11.9 Å². The molecule has 0 radical (unpaired) electrons. The van der Waals surface area contributed by atoms with Crippen molar-refractivity contribution in [2.45, 2.75) is 12.5 Å². The van der Waals surface area contributed by atoms with Crippen LogP contribution in [-0.4, -0.2) is 27.0 Å². The quantitative estimate of drug-likeness (QED) is 0.726. The van der Waals surface area contributed by atoms with E-state index in [0.717, 1.165) is 20.7 Å². The number of amides is 1. The summed E-state index contributed by atoms with van der Waals surface area (Å²) in [6, 6.07) is 3.77. The maximum Gasteiger partial charge on any atom is 0.232 e. The Hall–Kier alpha value is -1.74. The Morgan fingerprint density at radius 2 is 2.36 bits per heavy atom. The topological polar surface area (TPSA) is 69.0 Å². The molecule has 25 heavy (non-hydrogen) atoms. The number of imidazole rings is 1. The van der Waals surface area contributed by atoms with Crippen LogP contribution in [0.2, 0.25) is 4.34 Å². The molecule has 1 aliphatic rings. The van der Waals surface area contributed by atoms with E-state index in [0.29, 0.717) is 18.2 Å². The van der Waals surface area contributed by atoms with Crippen LogP contribution in [0.15, 0.2) is 29.9 Å². The van der Waals surface area contributed by atoms with Crippen LogP contribution in [0, 0.1) is 5.92 Å². The Balaban J connectivity index is 1.48. The molecule has 1 saturated heterocycles. The van der Waals surface area contributed by atoms with Crippen LogP contribution in [0.5, 0.6) is 0 Å². The summed E-state index contributed by atoms with van der Waals surface area (Å²) >= 11 is 8.83. The van der Waals surface area contributed by atoms with Gasteiger partial charge in [-0.3, -0.25) is 4.79 Å². The van der Waals surface area contributed by atoms with Crippen LogP contribution >= 0.6 is 34.3 Å². The predicted octanol–water partition coefficient (Wildman–Crippen LogP) is 3.97. The Morgan fingerprint density at radius 1 is 1.48 bits per heavy atom. The molecular weight excluding hydrogens is 380 g/mol. The van der Waals surface area contributed by atoms with Crippen LogP contribution in [-0.2, 0) is 16.6 Å². The number of aromatic nitrogens is 3. The second-order valence-corrected chi connectivity index (χ2v) is 8.29. The minimum absolute atomic E-state index is 0.0874. The highest BCUT2D eigenvalue weighted by Crippen LogP contribution is 2.36. The fourth-order valence-corrected chi connectivity index (χ4v) is 4.65. The lowest BCUT2D eigenvalue weighted by Crippen LogP contribution is -2.26. The van der Waals surface area contributed by atoms with Gasteiger partial charge in [0.05, 0.1) is 20.8 Å². The van der Waals surface area contributed by atoms with Crippen molar-refractivity contribution >= 4 is 45.3 Å². The Morgan fingerprint density at radius 3 is 3.08 bits per heavy atom. The van der Waals surface area contributed by atoms with Crippen LogP contribution < -0.4 is 5.32 Å². The van der Waals surface area contributed by atoms with Gasteiger partial charge in [0.15, 0.2) is 5.13 Å². The van der Waals surface area contributed by atoms with Crippen molar-refractivity contribution in [3.8, 4) is 10.6 Å². The van der Waals surface area contributed by atoms with E-state index in [4.69, 9.17) is 16.3 Å².